The molecule has 1 aromatic heterocycles. The van der Waals surface area contributed by atoms with E-state index in [4.69, 9.17) is 0 Å². The highest BCUT2D eigenvalue weighted by molar-refractivity contribution is 5.76. The number of rotatable bonds is 6. The van der Waals surface area contributed by atoms with Crippen molar-refractivity contribution < 1.29 is 4.79 Å². The van der Waals surface area contributed by atoms with Gasteiger partial charge in [0.05, 0.1) is 0 Å². The van der Waals surface area contributed by atoms with Crippen LogP contribution in [0.1, 0.15) is 18.9 Å². The number of amides is 1. The molecule has 1 amide bonds. The number of aromatic nitrogens is 2. The van der Waals surface area contributed by atoms with Crippen molar-refractivity contribution in [3.63, 3.8) is 0 Å². The third-order valence-electron chi connectivity index (χ3n) is 4.44. The van der Waals surface area contributed by atoms with Crippen LogP contribution < -0.4 is 10.2 Å². The summed E-state index contributed by atoms with van der Waals surface area (Å²) < 4.78 is 0. The van der Waals surface area contributed by atoms with Gasteiger partial charge in [0.15, 0.2) is 5.82 Å². The van der Waals surface area contributed by atoms with Crippen LogP contribution >= 0.6 is 0 Å². The van der Waals surface area contributed by atoms with E-state index in [1.807, 2.05) is 42.2 Å². The van der Waals surface area contributed by atoms with Crippen LogP contribution in [-0.4, -0.2) is 53.7 Å². The SMILES string of the molecule is CCNc1ccc(N2CCN(C(=O)CCc3ccccc3)CC2)nn1. The molecule has 0 radical (unpaired) electrons. The van der Waals surface area contributed by atoms with Gasteiger partial charge in [-0.1, -0.05) is 30.3 Å². The molecule has 0 spiro atoms. The van der Waals surface area contributed by atoms with E-state index < -0.39 is 0 Å². The molecule has 2 aromatic rings. The van der Waals surface area contributed by atoms with E-state index in [9.17, 15) is 4.79 Å². The maximum absolute atomic E-state index is 12.4. The number of benzene rings is 1. The minimum Gasteiger partial charge on any atom is -0.369 e. The summed E-state index contributed by atoms with van der Waals surface area (Å²) in [6, 6.07) is 14.1. The van der Waals surface area contributed by atoms with Crippen LogP contribution in [0, 0.1) is 0 Å². The fraction of sp³-hybridized carbons (Fsp3) is 0.421. The van der Waals surface area contributed by atoms with Crippen LogP contribution in [0.5, 0.6) is 0 Å². The standard InChI is InChI=1S/C19H25N5O/c1-2-20-17-9-10-18(22-21-17)23-12-14-24(15-13-23)19(25)11-8-16-6-4-3-5-7-16/h3-7,9-10H,2,8,11-15H2,1H3,(H,20,21). The molecular weight excluding hydrogens is 314 g/mol. The summed E-state index contributed by atoms with van der Waals surface area (Å²) in [7, 11) is 0. The van der Waals surface area contributed by atoms with E-state index in [0.29, 0.717) is 6.42 Å². The first-order valence-electron chi connectivity index (χ1n) is 8.90. The van der Waals surface area contributed by atoms with Gasteiger partial charge in [-0.3, -0.25) is 4.79 Å². The Balaban J connectivity index is 1.47. The Bertz CT molecular complexity index is 666. The van der Waals surface area contributed by atoms with Crippen molar-refractivity contribution in [1.82, 2.24) is 15.1 Å². The predicted molar refractivity (Wildman–Crippen MR) is 99.8 cm³/mol. The van der Waals surface area contributed by atoms with Crippen molar-refractivity contribution in [3.8, 4) is 0 Å². The van der Waals surface area contributed by atoms with E-state index >= 15 is 0 Å². The van der Waals surface area contributed by atoms with E-state index in [0.717, 1.165) is 50.8 Å². The zero-order chi connectivity index (χ0) is 17.5. The van der Waals surface area contributed by atoms with Crippen molar-refractivity contribution in [2.45, 2.75) is 19.8 Å². The molecule has 0 saturated carbocycles. The van der Waals surface area contributed by atoms with Gasteiger partial charge in [0.25, 0.3) is 0 Å². The number of hydrogen-bond acceptors (Lipinski definition) is 5. The molecule has 25 heavy (non-hydrogen) atoms. The lowest BCUT2D eigenvalue weighted by atomic mass is 10.1. The molecule has 1 N–H and O–H groups in total. The second-order valence-corrected chi connectivity index (χ2v) is 6.16. The Hall–Kier alpha value is -2.63. The molecule has 1 aliphatic rings. The topological polar surface area (TPSA) is 61.4 Å². The van der Waals surface area contributed by atoms with Gasteiger partial charge in [-0.15, -0.1) is 10.2 Å². The van der Waals surface area contributed by atoms with Crippen LogP contribution in [-0.2, 0) is 11.2 Å². The lowest BCUT2D eigenvalue weighted by Gasteiger charge is -2.35. The maximum atomic E-state index is 12.4. The number of anilines is 2. The van der Waals surface area contributed by atoms with Crippen molar-refractivity contribution in [2.24, 2.45) is 0 Å². The second kappa shape index (κ2) is 8.46. The van der Waals surface area contributed by atoms with E-state index in [-0.39, 0.29) is 5.91 Å². The summed E-state index contributed by atoms with van der Waals surface area (Å²) in [4.78, 5) is 16.5. The Morgan fingerprint density at radius 1 is 1.04 bits per heavy atom. The van der Waals surface area contributed by atoms with E-state index in [2.05, 4.69) is 32.5 Å². The fourth-order valence-corrected chi connectivity index (χ4v) is 3.01. The molecular formula is C19H25N5O. The molecule has 0 atom stereocenters. The van der Waals surface area contributed by atoms with Crippen LogP contribution in [0.15, 0.2) is 42.5 Å². The van der Waals surface area contributed by atoms with E-state index in [1.54, 1.807) is 0 Å². The third kappa shape index (κ3) is 4.68. The molecule has 1 saturated heterocycles. The Labute approximate surface area is 148 Å². The average Bonchev–Trinajstić information content (AvgIpc) is 2.68. The van der Waals surface area contributed by atoms with Gasteiger partial charge in [-0.05, 0) is 31.0 Å². The quantitative estimate of drug-likeness (QED) is 0.874. The lowest BCUT2D eigenvalue weighted by Crippen LogP contribution is -2.49. The average molecular weight is 339 g/mol. The van der Waals surface area contributed by atoms with Crippen LogP contribution in [0.3, 0.4) is 0 Å². The molecule has 0 bridgehead atoms. The molecule has 0 aliphatic carbocycles. The van der Waals surface area contributed by atoms with Crippen molar-refractivity contribution >= 4 is 17.5 Å². The van der Waals surface area contributed by atoms with E-state index in [1.165, 1.54) is 5.56 Å². The summed E-state index contributed by atoms with van der Waals surface area (Å²) in [5.41, 5.74) is 1.21. The molecule has 3 rings (SSSR count). The summed E-state index contributed by atoms with van der Waals surface area (Å²) in [6.07, 6.45) is 1.37. The number of nitrogens with zero attached hydrogens (tertiary/aromatic N) is 4. The summed E-state index contributed by atoms with van der Waals surface area (Å²) in [5, 5.41) is 11.6. The zero-order valence-electron chi connectivity index (χ0n) is 14.7. The molecule has 1 aliphatic heterocycles. The van der Waals surface area contributed by atoms with Gasteiger partial charge in [-0.25, -0.2) is 0 Å². The largest absolute Gasteiger partial charge is 0.369 e. The normalized spacial score (nSPS) is 14.4. The Kier molecular flexibility index (Phi) is 5.82. The number of piperazine rings is 1. The number of nitrogens with one attached hydrogen (secondary N) is 1. The van der Waals surface area contributed by atoms with Crippen molar-refractivity contribution in [3.05, 3.63) is 48.0 Å². The van der Waals surface area contributed by atoms with Gasteiger partial charge >= 0.3 is 0 Å². The van der Waals surface area contributed by atoms with Crippen molar-refractivity contribution in [1.29, 1.82) is 0 Å². The van der Waals surface area contributed by atoms with Gasteiger partial charge in [0, 0.05) is 39.1 Å². The Morgan fingerprint density at radius 2 is 1.80 bits per heavy atom. The molecule has 1 fully saturated rings. The summed E-state index contributed by atoms with van der Waals surface area (Å²) in [6.45, 7) is 5.94. The maximum Gasteiger partial charge on any atom is 0.223 e. The van der Waals surface area contributed by atoms with Gasteiger partial charge in [-0.2, -0.15) is 0 Å². The van der Waals surface area contributed by atoms with Gasteiger partial charge in [0.1, 0.15) is 5.82 Å². The van der Waals surface area contributed by atoms with Gasteiger partial charge < -0.3 is 15.1 Å². The zero-order valence-corrected chi connectivity index (χ0v) is 14.7. The first-order valence-corrected chi connectivity index (χ1v) is 8.90. The summed E-state index contributed by atoms with van der Waals surface area (Å²) >= 11 is 0. The Morgan fingerprint density at radius 3 is 2.44 bits per heavy atom. The molecule has 132 valence electrons. The smallest absolute Gasteiger partial charge is 0.223 e. The number of carbonyl (C=O) groups excluding carboxylic acids is 1. The van der Waals surface area contributed by atoms with Crippen LogP contribution in [0.25, 0.3) is 0 Å². The molecule has 6 heteroatoms. The highest BCUT2D eigenvalue weighted by Crippen LogP contribution is 2.15. The van der Waals surface area contributed by atoms with Crippen molar-refractivity contribution in [2.75, 3.05) is 42.9 Å². The first-order chi connectivity index (χ1) is 12.3. The minimum atomic E-state index is 0.233. The number of hydrogen-bond donors (Lipinski definition) is 1. The highest BCUT2D eigenvalue weighted by atomic mass is 16.2. The predicted octanol–water partition coefficient (Wildman–Crippen LogP) is 2.19. The number of carbonyl (C=O) groups is 1. The lowest BCUT2D eigenvalue weighted by molar-refractivity contribution is -0.131. The highest BCUT2D eigenvalue weighted by Gasteiger charge is 2.21. The van der Waals surface area contributed by atoms with Gasteiger partial charge in [0.2, 0.25) is 5.91 Å². The van der Waals surface area contributed by atoms with Crippen LogP contribution in [0.4, 0.5) is 11.6 Å². The monoisotopic (exact) mass is 339 g/mol. The second-order valence-electron chi connectivity index (χ2n) is 6.16. The number of aryl methyl sites for hydroxylation is 1. The molecule has 1 aromatic carbocycles. The third-order valence-corrected chi connectivity index (χ3v) is 4.44. The molecule has 2 heterocycles. The van der Waals surface area contributed by atoms with Crippen LogP contribution in [0.2, 0.25) is 0 Å². The molecule has 6 nitrogen and oxygen atoms in total. The summed E-state index contributed by atoms with van der Waals surface area (Å²) in [5.74, 6) is 1.90. The fourth-order valence-electron chi connectivity index (χ4n) is 3.01. The minimum absolute atomic E-state index is 0.233. The molecule has 0 unspecified atom stereocenters. The first kappa shape index (κ1) is 17.2.